The molecule has 1 atom stereocenters. The van der Waals surface area contributed by atoms with Crippen molar-refractivity contribution in [3.05, 3.63) is 23.1 Å². The molecule has 0 aromatic carbocycles. The van der Waals surface area contributed by atoms with E-state index < -0.39 is 0 Å². The molecule has 132 valence electrons. The van der Waals surface area contributed by atoms with Crippen molar-refractivity contribution < 1.29 is 9.52 Å². The minimum Gasteiger partial charge on any atom is -0.432 e. The Hall–Kier alpha value is -2.21. The van der Waals surface area contributed by atoms with Crippen LogP contribution in [0.15, 0.2) is 10.7 Å². The lowest BCUT2D eigenvalue weighted by atomic mass is 9.99. The zero-order valence-electron chi connectivity index (χ0n) is 15.0. The number of nitrogens with one attached hydrogen (secondary N) is 1. The Balaban J connectivity index is 1.96. The molecule has 6 heteroatoms. The van der Waals surface area contributed by atoms with Crippen molar-refractivity contribution in [3.63, 3.8) is 0 Å². The van der Waals surface area contributed by atoms with Crippen LogP contribution in [0.3, 0.4) is 0 Å². The van der Waals surface area contributed by atoms with E-state index in [1.165, 1.54) is 11.1 Å². The minimum absolute atomic E-state index is 0.0490. The maximum atomic E-state index is 9.47. The summed E-state index contributed by atoms with van der Waals surface area (Å²) in [7, 11) is 0. The van der Waals surface area contributed by atoms with Crippen LogP contribution in [-0.2, 0) is 12.8 Å². The van der Waals surface area contributed by atoms with Crippen molar-refractivity contribution in [2.45, 2.75) is 58.4 Å². The van der Waals surface area contributed by atoms with Crippen LogP contribution in [0.1, 0.15) is 56.4 Å². The topological polar surface area (TPSA) is 84.1 Å². The molecule has 0 unspecified atom stereocenters. The first-order valence-electron chi connectivity index (χ1n) is 9.10. The van der Waals surface area contributed by atoms with E-state index >= 15 is 0 Å². The first-order chi connectivity index (χ1) is 12.1. The Kier molecular flexibility index (Phi) is 4.07. The molecule has 0 saturated heterocycles. The average Bonchev–Trinajstić information content (AvgIpc) is 3.22. The van der Waals surface area contributed by atoms with Gasteiger partial charge in [0.15, 0.2) is 11.4 Å². The van der Waals surface area contributed by atoms with E-state index in [2.05, 4.69) is 29.1 Å². The minimum atomic E-state index is -0.0591. The Bertz CT molecular complexity index is 928. The molecule has 0 spiro atoms. The zero-order chi connectivity index (χ0) is 17.6. The summed E-state index contributed by atoms with van der Waals surface area (Å²) in [4.78, 5) is 13.7. The highest BCUT2D eigenvalue weighted by Gasteiger charge is 2.26. The van der Waals surface area contributed by atoms with Gasteiger partial charge >= 0.3 is 0 Å². The van der Waals surface area contributed by atoms with Gasteiger partial charge in [-0.05, 0) is 42.7 Å². The number of aryl methyl sites for hydroxylation is 1. The lowest BCUT2D eigenvalue weighted by Crippen LogP contribution is -2.23. The molecule has 2 N–H and O–H groups in total. The predicted molar refractivity (Wildman–Crippen MR) is 98.0 cm³/mol. The van der Waals surface area contributed by atoms with Gasteiger partial charge in [0.05, 0.1) is 23.7 Å². The number of furan rings is 1. The van der Waals surface area contributed by atoms with Crippen LogP contribution in [0.4, 0.5) is 5.82 Å². The maximum absolute atomic E-state index is 9.47. The summed E-state index contributed by atoms with van der Waals surface area (Å²) in [5.74, 6) is 0.994. The fourth-order valence-corrected chi connectivity index (χ4v) is 3.78. The van der Waals surface area contributed by atoms with Crippen molar-refractivity contribution in [1.29, 1.82) is 0 Å². The molecule has 0 saturated carbocycles. The van der Waals surface area contributed by atoms with Gasteiger partial charge in [0.1, 0.15) is 11.8 Å². The van der Waals surface area contributed by atoms with Crippen molar-refractivity contribution in [2.75, 3.05) is 11.9 Å². The molecule has 3 aromatic heterocycles. The van der Waals surface area contributed by atoms with Gasteiger partial charge in [-0.15, -0.1) is 0 Å². The molecule has 1 aliphatic carbocycles. The lowest BCUT2D eigenvalue weighted by molar-refractivity contribution is 0.271. The van der Waals surface area contributed by atoms with Gasteiger partial charge in [0.25, 0.3) is 0 Å². The number of nitrogens with zero attached hydrogens (tertiary/aromatic N) is 3. The second-order valence-electron chi connectivity index (χ2n) is 7.08. The van der Waals surface area contributed by atoms with E-state index in [1.54, 1.807) is 6.33 Å². The summed E-state index contributed by atoms with van der Waals surface area (Å²) in [6.07, 6.45) is 5.64. The largest absolute Gasteiger partial charge is 0.432 e. The van der Waals surface area contributed by atoms with Crippen LogP contribution < -0.4 is 5.32 Å². The molecular weight excluding hydrogens is 316 g/mol. The smallest absolute Gasteiger partial charge is 0.229 e. The molecule has 0 amide bonds. The number of fused-ring (bicyclic) bond motifs is 5. The monoisotopic (exact) mass is 340 g/mol. The second kappa shape index (κ2) is 6.26. The number of aromatic nitrogens is 3. The highest BCUT2D eigenvalue weighted by atomic mass is 16.3. The normalized spacial score (nSPS) is 15.2. The fourth-order valence-electron chi connectivity index (χ4n) is 3.78. The number of pyridine rings is 1. The van der Waals surface area contributed by atoms with Gasteiger partial charge < -0.3 is 14.8 Å². The van der Waals surface area contributed by atoms with E-state index in [9.17, 15) is 5.11 Å². The fraction of sp³-hybridized carbons (Fsp3) is 0.526. The van der Waals surface area contributed by atoms with Crippen molar-refractivity contribution in [3.8, 4) is 0 Å². The Morgan fingerprint density at radius 3 is 2.76 bits per heavy atom. The zero-order valence-corrected chi connectivity index (χ0v) is 15.0. The Morgan fingerprint density at radius 2 is 2.04 bits per heavy atom. The molecule has 25 heavy (non-hydrogen) atoms. The lowest BCUT2D eigenvalue weighted by Gasteiger charge is -2.14. The van der Waals surface area contributed by atoms with Gasteiger partial charge in [0, 0.05) is 0 Å². The van der Waals surface area contributed by atoms with E-state index in [4.69, 9.17) is 9.40 Å². The molecule has 0 fully saturated rings. The quantitative estimate of drug-likeness (QED) is 0.739. The number of aliphatic hydroxyl groups excluding tert-OH is 1. The van der Waals surface area contributed by atoms with Gasteiger partial charge in [-0.1, -0.05) is 20.8 Å². The molecule has 0 bridgehead atoms. The summed E-state index contributed by atoms with van der Waals surface area (Å²) < 4.78 is 6.11. The number of hydrogen-bond acceptors (Lipinski definition) is 6. The standard InChI is InChI=1S/C19H24N4O2/c1-4-11(8-24)22-18-17-16(20-9-21-18)14-12-6-5-7-13(12)15(10(2)3)23-19(14)25-17/h9-11,24H,4-8H2,1-3H3,(H,20,21,22)/t11-/m1/s1. The molecule has 6 nitrogen and oxygen atoms in total. The molecule has 0 aliphatic heterocycles. The van der Waals surface area contributed by atoms with Crippen molar-refractivity contribution in [1.82, 2.24) is 15.0 Å². The van der Waals surface area contributed by atoms with Crippen LogP contribution in [0.25, 0.3) is 22.2 Å². The molecule has 3 aromatic rings. The third kappa shape index (κ3) is 2.56. The van der Waals surface area contributed by atoms with Crippen LogP contribution >= 0.6 is 0 Å². The van der Waals surface area contributed by atoms with E-state index in [-0.39, 0.29) is 12.6 Å². The van der Waals surface area contributed by atoms with E-state index in [0.717, 1.165) is 42.3 Å². The maximum Gasteiger partial charge on any atom is 0.229 e. The Morgan fingerprint density at radius 1 is 1.24 bits per heavy atom. The summed E-state index contributed by atoms with van der Waals surface area (Å²) in [5, 5.41) is 13.8. The van der Waals surface area contributed by atoms with E-state index in [0.29, 0.717) is 23.0 Å². The van der Waals surface area contributed by atoms with Crippen molar-refractivity contribution in [2.24, 2.45) is 0 Å². The van der Waals surface area contributed by atoms with Crippen molar-refractivity contribution >= 4 is 28.0 Å². The van der Waals surface area contributed by atoms with Gasteiger partial charge in [-0.2, -0.15) is 0 Å². The number of aliphatic hydroxyl groups is 1. The van der Waals surface area contributed by atoms with Gasteiger partial charge in [-0.25, -0.2) is 15.0 Å². The SMILES string of the molecule is CC[C@H](CO)Nc1ncnc2c1oc1nc(C(C)C)c3c(c12)CCC3. The van der Waals surface area contributed by atoms with Gasteiger partial charge in [0.2, 0.25) is 5.71 Å². The average molecular weight is 340 g/mol. The van der Waals surface area contributed by atoms with Crippen LogP contribution in [0, 0.1) is 0 Å². The summed E-state index contributed by atoms with van der Waals surface area (Å²) in [6.45, 7) is 6.42. The first-order valence-corrected chi connectivity index (χ1v) is 9.10. The highest BCUT2D eigenvalue weighted by Crippen LogP contribution is 2.39. The van der Waals surface area contributed by atoms with Crippen LogP contribution in [0.2, 0.25) is 0 Å². The number of rotatable bonds is 5. The molecule has 0 radical (unpaired) electrons. The highest BCUT2D eigenvalue weighted by molar-refractivity contribution is 6.06. The number of anilines is 1. The molecule has 4 rings (SSSR count). The van der Waals surface area contributed by atoms with Crippen LogP contribution in [0.5, 0.6) is 0 Å². The molecule has 3 heterocycles. The predicted octanol–water partition coefficient (Wildman–Crippen LogP) is 3.57. The summed E-state index contributed by atoms with van der Waals surface area (Å²) >= 11 is 0. The summed E-state index contributed by atoms with van der Waals surface area (Å²) in [5.41, 5.74) is 5.96. The second-order valence-corrected chi connectivity index (χ2v) is 7.08. The third-order valence-electron chi connectivity index (χ3n) is 5.10. The number of hydrogen-bond donors (Lipinski definition) is 2. The molecular formula is C19H24N4O2. The third-order valence-corrected chi connectivity index (χ3v) is 5.10. The Labute approximate surface area is 146 Å². The summed E-state index contributed by atoms with van der Waals surface area (Å²) in [6, 6.07) is -0.0591. The van der Waals surface area contributed by atoms with E-state index in [1.807, 2.05) is 6.92 Å². The molecule has 1 aliphatic rings. The first kappa shape index (κ1) is 16.3. The van der Waals surface area contributed by atoms with Crippen LogP contribution in [-0.4, -0.2) is 32.7 Å². The van der Waals surface area contributed by atoms with Gasteiger partial charge in [-0.3, -0.25) is 0 Å².